The van der Waals surface area contributed by atoms with Gasteiger partial charge in [0.05, 0.1) is 0 Å². The van der Waals surface area contributed by atoms with Crippen molar-refractivity contribution in [2.24, 2.45) is 0 Å². The summed E-state index contributed by atoms with van der Waals surface area (Å²) in [6.45, 7) is 4.05. The maximum absolute atomic E-state index is 5.27. The number of hydrogen-bond acceptors (Lipinski definition) is 1. The highest BCUT2D eigenvalue weighted by Gasteiger charge is 1.94. The first-order chi connectivity index (χ1) is 4.33. The third-order valence-corrected chi connectivity index (χ3v) is 1.17. The van der Waals surface area contributed by atoms with Crippen molar-refractivity contribution in [3.8, 4) is 0 Å². The van der Waals surface area contributed by atoms with Crippen LogP contribution in [0, 0.1) is 13.3 Å². The zero-order valence-electron chi connectivity index (χ0n) is 6.26. The Morgan fingerprint density at radius 3 is 2.60 bits per heavy atom. The molecule has 2 heteroatoms. The Bertz CT molecular complexity index is 181. The van der Waals surface area contributed by atoms with Gasteiger partial charge in [0.1, 0.15) is 11.5 Å². The number of hydrogen-bond donors (Lipinski definition) is 0. The van der Waals surface area contributed by atoms with Gasteiger partial charge in [-0.15, -0.1) is 12.4 Å². The van der Waals surface area contributed by atoms with Crippen LogP contribution in [0.3, 0.4) is 0 Å². The molecule has 0 aliphatic heterocycles. The van der Waals surface area contributed by atoms with E-state index in [2.05, 4.69) is 13.3 Å². The number of halogens is 1. The molecule has 1 aromatic rings. The molecule has 0 atom stereocenters. The second-order valence-electron chi connectivity index (χ2n) is 2.06. The first-order valence-electron chi connectivity index (χ1n) is 3.22. The molecule has 0 N–H and O–H groups in total. The molecule has 0 aliphatic carbocycles. The van der Waals surface area contributed by atoms with E-state index in [9.17, 15) is 0 Å². The molecule has 0 aromatic carbocycles. The van der Waals surface area contributed by atoms with Crippen LogP contribution in [0.25, 0.3) is 0 Å². The molecule has 0 bridgehead atoms. The van der Waals surface area contributed by atoms with Crippen LogP contribution >= 0.6 is 12.4 Å². The molecule has 1 heterocycles. The predicted octanol–water partition coefficient (Wildman–Crippen LogP) is 2.97. The molecular formula is C8H12ClO. The summed E-state index contributed by atoms with van der Waals surface area (Å²) in [7, 11) is 0. The van der Waals surface area contributed by atoms with Crippen LogP contribution in [-0.2, 0) is 0 Å². The van der Waals surface area contributed by atoms with Gasteiger partial charge in [0.25, 0.3) is 0 Å². The van der Waals surface area contributed by atoms with Crippen LogP contribution in [-0.4, -0.2) is 0 Å². The molecule has 0 spiro atoms. The van der Waals surface area contributed by atoms with Crippen molar-refractivity contribution in [3.63, 3.8) is 0 Å². The fraction of sp³-hybridized carbons (Fsp3) is 0.375. The molecule has 0 fully saturated rings. The summed E-state index contributed by atoms with van der Waals surface area (Å²) in [4.78, 5) is 0. The predicted molar refractivity (Wildman–Crippen MR) is 44.4 cm³/mol. The van der Waals surface area contributed by atoms with E-state index < -0.39 is 0 Å². The molecule has 0 aliphatic rings. The van der Waals surface area contributed by atoms with Crippen molar-refractivity contribution in [2.45, 2.75) is 20.3 Å². The average molecular weight is 160 g/mol. The lowest BCUT2D eigenvalue weighted by atomic mass is 10.3. The first-order valence-corrected chi connectivity index (χ1v) is 3.22. The normalized spacial score (nSPS) is 9.00. The lowest BCUT2D eigenvalue weighted by Gasteiger charge is -1.87. The smallest absolute Gasteiger partial charge is 0.107 e. The fourth-order valence-electron chi connectivity index (χ4n) is 0.764. The Morgan fingerprint density at radius 1 is 1.50 bits per heavy atom. The van der Waals surface area contributed by atoms with Crippen molar-refractivity contribution < 1.29 is 4.42 Å². The molecule has 57 valence electrons. The molecule has 1 nitrogen and oxygen atoms in total. The molecular weight excluding hydrogens is 148 g/mol. The highest BCUT2D eigenvalue weighted by Crippen LogP contribution is 2.09. The lowest BCUT2D eigenvalue weighted by Crippen LogP contribution is -1.70. The quantitative estimate of drug-likeness (QED) is 0.647. The second kappa shape index (κ2) is 4.40. The topological polar surface area (TPSA) is 13.1 Å². The van der Waals surface area contributed by atoms with E-state index in [0.29, 0.717) is 0 Å². The number of furan rings is 1. The van der Waals surface area contributed by atoms with E-state index in [1.807, 2.05) is 19.1 Å². The van der Waals surface area contributed by atoms with Crippen LogP contribution in [0.5, 0.6) is 0 Å². The Balaban J connectivity index is 0.000000810. The van der Waals surface area contributed by atoms with Crippen LogP contribution in [0.4, 0.5) is 0 Å². The number of rotatable bonds is 2. The highest BCUT2D eigenvalue weighted by molar-refractivity contribution is 5.85. The van der Waals surface area contributed by atoms with Crippen molar-refractivity contribution in [3.05, 3.63) is 30.1 Å². The third-order valence-electron chi connectivity index (χ3n) is 1.17. The van der Waals surface area contributed by atoms with Crippen molar-refractivity contribution in [1.82, 2.24) is 0 Å². The van der Waals surface area contributed by atoms with Gasteiger partial charge in [-0.05, 0) is 25.5 Å². The van der Waals surface area contributed by atoms with Crippen LogP contribution < -0.4 is 0 Å². The van der Waals surface area contributed by atoms with Crippen molar-refractivity contribution in [2.75, 3.05) is 0 Å². The maximum Gasteiger partial charge on any atom is 0.107 e. The lowest BCUT2D eigenvalue weighted by molar-refractivity contribution is 0.507. The zero-order chi connectivity index (χ0) is 6.69. The summed E-state index contributed by atoms with van der Waals surface area (Å²) >= 11 is 0. The molecule has 0 saturated heterocycles. The van der Waals surface area contributed by atoms with Gasteiger partial charge in [-0.1, -0.05) is 6.92 Å². The standard InChI is InChI=1S/C8H11O.ClH/c1-3-4-8-6-5-7(2)9-8;/h4-6H,3H2,1-2H3;1H. The van der Waals surface area contributed by atoms with Gasteiger partial charge in [-0.2, -0.15) is 0 Å². The highest BCUT2D eigenvalue weighted by atomic mass is 35.5. The van der Waals surface area contributed by atoms with Gasteiger partial charge >= 0.3 is 0 Å². The maximum atomic E-state index is 5.27. The average Bonchev–Trinajstić information content (AvgIpc) is 2.17. The fourth-order valence-corrected chi connectivity index (χ4v) is 0.764. The van der Waals surface area contributed by atoms with Crippen molar-refractivity contribution in [1.29, 1.82) is 0 Å². The molecule has 0 amide bonds. The minimum Gasteiger partial charge on any atom is -0.466 e. The summed E-state index contributed by atoms with van der Waals surface area (Å²) < 4.78 is 5.27. The molecule has 0 saturated carbocycles. The molecule has 1 aromatic heterocycles. The minimum absolute atomic E-state index is 0. The van der Waals surface area contributed by atoms with Gasteiger partial charge < -0.3 is 4.42 Å². The van der Waals surface area contributed by atoms with Gasteiger partial charge in [0.2, 0.25) is 0 Å². The molecule has 0 unspecified atom stereocenters. The summed E-state index contributed by atoms with van der Waals surface area (Å²) in [6, 6.07) is 3.96. The van der Waals surface area contributed by atoms with Gasteiger partial charge in [-0.25, -0.2) is 0 Å². The number of aryl methyl sites for hydroxylation is 1. The van der Waals surface area contributed by atoms with Gasteiger partial charge in [0, 0.05) is 6.42 Å². The monoisotopic (exact) mass is 159 g/mol. The van der Waals surface area contributed by atoms with Crippen LogP contribution in [0.1, 0.15) is 24.9 Å². The summed E-state index contributed by atoms with van der Waals surface area (Å²) in [5.74, 6) is 1.96. The molecule has 1 rings (SSSR count). The van der Waals surface area contributed by atoms with Crippen LogP contribution in [0.2, 0.25) is 0 Å². The van der Waals surface area contributed by atoms with E-state index in [4.69, 9.17) is 4.42 Å². The molecule has 1 radical (unpaired) electrons. The summed E-state index contributed by atoms with van der Waals surface area (Å²) in [5, 5.41) is 0. The third kappa shape index (κ3) is 2.44. The molecule has 10 heavy (non-hydrogen) atoms. The van der Waals surface area contributed by atoms with E-state index in [0.717, 1.165) is 17.9 Å². The minimum atomic E-state index is 0. The Labute approximate surface area is 67.8 Å². The van der Waals surface area contributed by atoms with Gasteiger partial charge in [0.15, 0.2) is 0 Å². The van der Waals surface area contributed by atoms with Gasteiger partial charge in [-0.3, -0.25) is 0 Å². The Hall–Kier alpha value is -0.430. The first kappa shape index (κ1) is 9.57. The van der Waals surface area contributed by atoms with E-state index in [1.165, 1.54) is 0 Å². The zero-order valence-corrected chi connectivity index (χ0v) is 7.07. The van der Waals surface area contributed by atoms with Crippen molar-refractivity contribution >= 4 is 12.4 Å². The summed E-state index contributed by atoms with van der Waals surface area (Å²) in [6.07, 6.45) is 3.10. The summed E-state index contributed by atoms with van der Waals surface area (Å²) in [5.41, 5.74) is 0. The largest absolute Gasteiger partial charge is 0.466 e. The SMILES string of the molecule is CC[CH]c1ccc(C)o1.Cl. The van der Waals surface area contributed by atoms with E-state index in [1.54, 1.807) is 0 Å². The Kier molecular flexibility index (Phi) is 4.21. The van der Waals surface area contributed by atoms with Crippen LogP contribution in [0.15, 0.2) is 16.5 Å². The van der Waals surface area contributed by atoms with E-state index >= 15 is 0 Å². The van der Waals surface area contributed by atoms with E-state index in [-0.39, 0.29) is 12.4 Å². The second-order valence-corrected chi connectivity index (χ2v) is 2.06. The Morgan fingerprint density at radius 2 is 2.20 bits per heavy atom.